The van der Waals surface area contributed by atoms with Gasteiger partial charge in [0.15, 0.2) is 0 Å². The zero-order chi connectivity index (χ0) is 25.8. The number of carbonyl (C=O) groups excluding carboxylic acids is 1. The normalized spacial score (nSPS) is 13.4. The number of benzene rings is 1. The van der Waals surface area contributed by atoms with Gasteiger partial charge in [-0.1, -0.05) is 17.7 Å². The molecule has 4 aromatic rings. The van der Waals surface area contributed by atoms with Crippen LogP contribution in [0.5, 0.6) is 0 Å². The first kappa shape index (κ1) is 24.3. The minimum atomic E-state index is -0.849. The quantitative estimate of drug-likeness (QED) is 0.356. The van der Waals surface area contributed by atoms with Crippen LogP contribution < -0.4 is 15.8 Å². The molecule has 4 heterocycles. The minimum Gasteiger partial charge on any atom is -0.390 e. The summed E-state index contributed by atoms with van der Waals surface area (Å²) in [6.07, 6.45) is 3.34. The summed E-state index contributed by atoms with van der Waals surface area (Å²) in [4.78, 5) is 33.1. The number of hydrogen-bond acceptors (Lipinski definition) is 5. The second kappa shape index (κ2) is 8.94. The molecule has 188 valence electrons. The van der Waals surface area contributed by atoms with E-state index in [1.165, 1.54) is 16.8 Å². The number of aryl methyl sites for hydroxylation is 2. The Balaban J connectivity index is 1.73. The monoisotopic (exact) mass is 504 g/mol. The molecule has 0 fully saturated rings. The van der Waals surface area contributed by atoms with E-state index >= 15 is 0 Å². The standard InChI is InChI=1S/C28H32N4O3S/c1-6-29-26(33)21-13-19-20(15-31(5)27(34)24(19)30-21)25-23(12-18(36-25)14-28(3,4)35)32-10-9-17-11-16(2)7-8-22(17)32/h7-8,11-13,15,30,35H,6,9-10,14H2,1-5H3,(H,29,33). The van der Waals surface area contributed by atoms with E-state index in [0.29, 0.717) is 24.2 Å². The van der Waals surface area contributed by atoms with Crippen molar-refractivity contribution in [3.63, 3.8) is 0 Å². The lowest BCUT2D eigenvalue weighted by Gasteiger charge is -2.21. The maximum Gasteiger partial charge on any atom is 0.274 e. The van der Waals surface area contributed by atoms with Crippen molar-refractivity contribution in [1.82, 2.24) is 14.9 Å². The molecule has 0 spiro atoms. The van der Waals surface area contributed by atoms with Crippen molar-refractivity contribution >= 4 is 39.5 Å². The number of aromatic nitrogens is 2. The number of rotatable bonds is 6. The highest BCUT2D eigenvalue weighted by molar-refractivity contribution is 7.16. The van der Waals surface area contributed by atoms with E-state index in [2.05, 4.69) is 46.4 Å². The number of hydrogen-bond donors (Lipinski definition) is 3. The molecule has 0 atom stereocenters. The largest absolute Gasteiger partial charge is 0.390 e. The summed E-state index contributed by atoms with van der Waals surface area (Å²) in [6.45, 7) is 8.96. The van der Waals surface area contributed by atoms with Crippen molar-refractivity contribution in [3.8, 4) is 10.4 Å². The SMILES string of the molecule is CCNC(=O)c1cc2c(-c3sc(CC(C)(C)O)cc3N3CCc4cc(C)ccc43)cn(C)c(=O)c2[nH]1. The van der Waals surface area contributed by atoms with Crippen LogP contribution in [0.25, 0.3) is 21.3 Å². The van der Waals surface area contributed by atoms with Gasteiger partial charge in [0, 0.05) is 54.3 Å². The number of aliphatic hydroxyl groups is 1. The Bertz CT molecular complexity index is 1540. The molecule has 1 aliphatic rings. The lowest BCUT2D eigenvalue weighted by Crippen LogP contribution is -2.23. The van der Waals surface area contributed by atoms with Gasteiger partial charge >= 0.3 is 0 Å². The zero-order valence-electron chi connectivity index (χ0n) is 21.4. The third-order valence-corrected chi connectivity index (χ3v) is 7.74. The molecule has 0 saturated carbocycles. The Morgan fingerprint density at radius 2 is 2.00 bits per heavy atom. The number of thiophene rings is 1. The van der Waals surface area contributed by atoms with Crippen molar-refractivity contribution in [3.05, 3.63) is 68.6 Å². The van der Waals surface area contributed by atoms with E-state index in [-0.39, 0.29) is 11.5 Å². The molecular formula is C28H32N4O3S. The fraction of sp³-hybridized carbons (Fsp3) is 0.357. The van der Waals surface area contributed by atoms with Gasteiger partial charge in [-0.05, 0) is 57.9 Å². The van der Waals surface area contributed by atoms with Crippen LogP contribution in [0.3, 0.4) is 0 Å². The van der Waals surface area contributed by atoms with E-state index in [4.69, 9.17) is 0 Å². The molecule has 0 unspecified atom stereocenters. The summed E-state index contributed by atoms with van der Waals surface area (Å²) < 4.78 is 1.57. The number of nitrogens with zero attached hydrogens (tertiary/aromatic N) is 2. The average molecular weight is 505 g/mol. The van der Waals surface area contributed by atoms with Crippen molar-refractivity contribution in [2.24, 2.45) is 7.05 Å². The third-order valence-electron chi connectivity index (χ3n) is 6.58. The molecule has 3 N–H and O–H groups in total. The van der Waals surface area contributed by atoms with Crippen molar-refractivity contribution in [1.29, 1.82) is 0 Å². The van der Waals surface area contributed by atoms with Crippen LogP contribution in [-0.2, 0) is 19.9 Å². The Morgan fingerprint density at radius 3 is 2.72 bits per heavy atom. The summed E-state index contributed by atoms with van der Waals surface area (Å²) in [5.41, 5.74) is 5.46. The highest BCUT2D eigenvalue weighted by atomic mass is 32.1. The number of amides is 1. The number of anilines is 2. The van der Waals surface area contributed by atoms with Crippen molar-refractivity contribution in [2.75, 3.05) is 18.0 Å². The van der Waals surface area contributed by atoms with Gasteiger partial charge in [-0.2, -0.15) is 0 Å². The highest BCUT2D eigenvalue weighted by Crippen LogP contribution is 2.47. The Labute approximate surface area is 214 Å². The maximum atomic E-state index is 13.0. The summed E-state index contributed by atoms with van der Waals surface area (Å²) in [5.74, 6) is -0.236. The molecule has 3 aromatic heterocycles. The number of aromatic amines is 1. The summed E-state index contributed by atoms with van der Waals surface area (Å²) in [7, 11) is 1.73. The smallest absolute Gasteiger partial charge is 0.274 e. The first-order valence-electron chi connectivity index (χ1n) is 12.3. The van der Waals surface area contributed by atoms with Crippen LogP contribution in [-0.4, -0.2) is 39.3 Å². The molecule has 0 saturated heterocycles. The fourth-order valence-electron chi connectivity index (χ4n) is 5.01. The molecule has 1 amide bonds. The predicted octanol–water partition coefficient (Wildman–Crippen LogP) is 4.66. The number of carbonyl (C=O) groups is 1. The number of pyridine rings is 1. The molecule has 5 rings (SSSR count). The second-order valence-corrected chi connectivity index (χ2v) is 11.4. The molecule has 0 radical (unpaired) electrons. The van der Waals surface area contributed by atoms with Gasteiger partial charge in [-0.25, -0.2) is 0 Å². The van der Waals surface area contributed by atoms with Gasteiger partial charge < -0.3 is 24.9 Å². The van der Waals surface area contributed by atoms with Crippen LogP contribution in [0.2, 0.25) is 0 Å². The first-order chi connectivity index (χ1) is 17.1. The first-order valence-corrected chi connectivity index (χ1v) is 13.1. The van der Waals surface area contributed by atoms with Crippen LogP contribution in [0.15, 0.2) is 41.3 Å². The minimum absolute atomic E-state index is 0.180. The molecule has 1 aromatic carbocycles. The fourth-order valence-corrected chi connectivity index (χ4v) is 6.42. The van der Waals surface area contributed by atoms with E-state index in [1.807, 2.05) is 27.0 Å². The van der Waals surface area contributed by atoms with Crippen LogP contribution in [0.4, 0.5) is 11.4 Å². The van der Waals surface area contributed by atoms with Crippen LogP contribution >= 0.6 is 11.3 Å². The zero-order valence-corrected chi connectivity index (χ0v) is 22.2. The summed E-state index contributed by atoms with van der Waals surface area (Å²) in [6, 6.07) is 10.5. The molecule has 0 aliphatic carbocycles. The molecule has 36 heavy (non-hydrogen) atoms. The molecule has 8 heteroatoms. The van der Waals surface area contributed by atoms with Crippen molar-refractivity contribution in [2.45, 2.75) is 46.1 Å². The van der Waals surface area contributed by atoms with E-state index in [0.717, 1.165) is 39.4 Å². The number of fused-ring (bicyclic) bond motifs is 2. The van der Waals surface area contributed by atoms with E-state index in [9.17, 15) is 14.7 Å². The topological polar surface area (TPSA) is 90.4 Å². The Kier molecular flexibility index (Phi) is 6.04. The molecule has 1 aliphatic heterocycles. The van der Waals surface area contributed by atoms with E-state index < -0.39 is 5.60 Å². The van der Waals surface area contributed by atoms with E-state index in [1.54, 1.807) is 29.0 Å². The average Bonchev–Trinajstić information content (AvgIpc) is 3.51. The Hall–Kier alpha value is -3.36. The van der Waals surface area contributed by atoms with Crippen molar-refractivity contribution < 1.29 is 9.90 Å². The number of nitrogens with one attached hydrogen (secondary N) is 2. The molecule has 0 bridgehead atoms. The van der Waals surface area contributed by atoms with Gasteiger partial charge in [0.1, 0.15) is 11.2 Å². The van der Waals surface area contributed by atoms with Crippen LogP contribution in [0, 0.1) is 6.92 Å². The predicted molar refractivity (Wildman–Crippen MR) is 147 cm³/mol. The highest BCUT2D eigenvalue weighted by Gasteiger charge is 2.28. The third kappa shape index (κ3) is 4.35. The van der Waals surface area contributed by atoms with Gasteiger partial charge in [0.2, 0.25) is 0 Å². The van der Waals surface area contributed by atoms with Gasteiger partial charge in [-0.3, -0.25) is 9.59 Å². The lowest BCUT2D eigenvalue weighted by atomic mass is 10.0. The Morgan fingerprint density at radius 1 is 1.22 bits per heavy atom. The second-order valence-electron chi connectivity index (χ2n) is 10.2. The van der Waals surface area contributed by atoms with Gasteiger partial charge in [0.25, 0.3) is 11.5 Å². The summed E-state index contributed by atoms with van der Waals surface area (Å²) >= 11 is 1.63. The van der Waals surface area contributed by atoms with Gasteiger partial charge in [0.05, 0.1) is 16.2 Å². The number of H-pyrrole nitrogens is 1. The molecule has 7 nitrogen and oxygen atoms in total. The molecular weight excluding hydrogens is 472 g/mol. The summed E-state index contributed by atoms with van der Waals surface area (Å²) in [5, 5.41) is 14.1. The lowest BCUT2D eigenvalue weighted by molar-refractivity contribution is 0.0818. The maximum absolute atomic E-state index is 13.0. The van der Waals surface area contributed by atoms with Gasteiger partial charge in [-0.15, -0.1) is 11.3 Å². The van der Waals surface area contributed by atoms with Crippen LogP contribution in [0.1, 0.15) is 47.3 Å².